The molecule has 114 valence electrons. The van der Waals surface area contributed by atoms with Gasteiger partial charge < -0.3 is 9.73 Å². The van der Waals surface area contributed by atoms with Crippen LogP contribution in [0, 0.1) is 6.92 Å². The van der Waals surface area contributed by atoms with Gasteiger partial charge in [0.2, 0.25) is 11.8 Å². The van der Waals surface area contributed by atoms with Gasteiger partial charge in [-0.25, -0.2) is 0 Å². The highest BCUT2D eigenvalue weighted by atomic mass is 32.2. The number of thioether (sulfide) groups is 1. The van der Waals surface area contributed by atoms with E-state index >= 15 is 0 Å². The van der Waals surface area contributed by atoms with Crippen LogP contribution in [0.1, 0.15) is 33.6 Å². The Hall–Kier alpha value is -1.49. The molecule has 1 aromatic heterocycles. The summed E-state index contributed by atoms with van der Waals surface area (Å²) in [4.78, 5) is 0. The Morgan fingerprint density at radius 3 is 2.67 bits per heavy atom. The van der Waals surface area contributed by atoms with Crippen molar-refractivity contribution in [2.45, 2.75) is 45.4 Å². The Bertz CT molecular complexity index is 589. The molecule has 1 atom stereocenters. The van der Waals surface area contributed by atoms with Gasteiger partial charge in [0.25, 0.3) is 0 Å². The lowest BCUT2D eigenvalue weighted by Gasteiger charge is -2.22. The quantitative estimate of drug-likeness (QED) is 0.888. The monoisotopic (exact) mass is 305 g/mol. The third-order valence-corrected chi connectivity index (χ3v) is 4.35. The Balaban J connectivity index is 2.01. The highest BCUT2D eigenvalue weighted by molar-refractivity contribution is 8.00. The van der Waals surface area contributed by atoms with Crippen molar-refractivity contribution in [1.29, 1.82) is 0 Å². The fraction of sp³-hybridized carbons (Fsp3) is 0.500. The van der Waals surface area contributed by atoms with E-state index in [0.29, 0.717) is 22.6 Å². The number of hydrogen-bond acceptors (Lipinski definition) is 5. The first-order valence-electron chi connectivity index (χ1n) is 7.14. The molecule has 0 aliphatic rings. The van der Waals surface area contributed by atoms with Crippen LogP contribution in [0.5, 0.6) is 0 Å². The standard InChI is InChI=1S/C16H23N3OS/c1-11(10-21-16(3,4)5)17-14-8-6-7-13(9-14)15-19-18-12(2)20-15/h6-9,11,17H,10H2,1-5H3. The second-order valence-corrected chi connectivity index (χ2v) is 8.02. The van der Waals surface area contributed by atoms with Crippen molar-refractivity contribution < 1.29 is 4.42 Å². The molecule has 0 radical (unpaired) electrons. The number of rotatable bonds is 5. The summed E-state index contributed by atoms with van der Waals surface area (Å²) in [5, 5.41) is 11.4. The third kappa shape index (κ3) is 5.08. The maximum Gasteiger partial charge on any atom is 0.247 e. The first kappa shape index (κ1) is 15.9. The van der Waals surface area contributed by atoms with Crippen LogP contribution in [0.25, 0.3) is 11.5 Å². The molecule has 1 N–H and O–H groups in total. The van der Waals surface area contributed by atoms with Crippen molar-refractivity contribution in [3.8, 4) is 11.5 Å². The SMILES string of the molecule is Cc1nnc(-c2cccc(NC(C)CSC(C)(C)C)c2)o1. The molecule has 4 nitrogen and oxygen atoms in total. The van der Waals surface area contributed by atoms with Crippen molar-refractivity contribution in [3.05, 3.63) is 30.2 Å². The summed E-state index contributed by atoms with van der Waals surface area (Å²) in [6.07, 6.45) is 0. The van der Waals surface area contributed by atoms with Crippen LogP contribution in [-0.4, -0.2) is 26.7 Å². The Morgan fingerprint density at radius 2 is 2.05 bits per heavy atom. The van der Waals surface area contributed by atoms with E-state index in [2.05, 4.69) is 49.3 Å². The molecule has 0 saturated carbocycles. The summed E-state index contributed by atoms with van der Waals surface area (Å²) in [6, 6.07) is 8.48. The van der Waals surface area contributed by atoms with Crippen molar-refractivity contribution in [2.24, 2.45) is 0 Å². The van der Waals surface area contributed by atoms with Gasteiger partial charge in [0, 0.05) is 34.7 Å². The lowest BCUT2D eigenvalue weighted by Crippen LogP contribution is -2.21. The van der Waals surface area contributed by atoms with Gasteiger partial charge in [0.15, 0.2) is 0 Å². The van der Waals surface area contributed by atoms with E-state index < -0.39 is 0 Å². The Morgan fingerprint density at radius 1 is 1.29 bits per heavy atom. The van der Waals surface area contributed by atoms with Crippen molar-refractivity contribution in [3.63, 3.8) is 0 Å². The normalized spacial score (nSPS) is 13.2. The van der Waals surface area contributed by atoms with Gasteiger partial charge in [0.05, 0.1) is 0 Å². The number of nitrogens with zero attached hydrogens (tertiary/aromatic N) is 2. The second kappa shape index (κ2) is 6.52. The maximum atomic E-state index is 5.47. The van der Waals surface area contributed by atoms with E-state index in [-0.39, 0.29) is 0 Å². The van der Waals surface area contributed by atoms with E-state index in [1.54, 1.807) is 6.92 Å². The summed E-state index contributed by atoms with van der Waals surface area (Å²) in [5.41, 5.74) is 2.02. The molecule has 0 amide bonds. The molecule has 0 spiro atoms. The molecule has 21 heavy (non-hydrogen) atoms. The molecular weight excluding hydrogens is 282 g/mol. The van der Waals surface area contributed by atoms with E-state index in [4.69, 9.17) is 4.42 Å². The third-order valence-electron chi connectivity index (χ3n) is 2.81. The number of anilines is 1. The lowest BCUT2D eigenvalue weighted by molar-refractivity contribution is 0.533. The minimum atomic E-state index is 0.291. The molecule has 0 aliphatic heterocycles. The van der Waals surface area contributed by atoms with Crippen LogP contribution in [0.4, 0.5) is 5.69 Å². The minimum Gasteiger partial charge on any atom is -0.421 e. The predicted octanol–water partition coefficient (Wildman–Crippen LogP) is 4.38. The van der Waals surface area contributed by atoms with E-state index in [9.17, 15) is 0 Å². The first-order valence-corrected chi connectivity index (χ1v) is 8.13. The van der Waals surface area contributed by atoms with Gasteiger partial charge in [-0.2, -0.15) is 11.8 Å². The molecular formula is C16H23N3OS. The molecule has 0 aliphatic carbocycles. The van der Waals surface area contributed by atoms with Crippen LogP contribution in [0.2, 0.25) is 0 Å². The maximum absolute atomic E-state index is 5.47. The predicted molar refractivity (Wildman–Crippen MR) is 89.8 cm³/mol. The molecule has 1 unspecified atom stereocenters. The average molecular weight is 305 g/mol. The molecule has 5 heteroatoms. The number of nitrogens with one attached hydrogen (secondary N) is 1. The van der Waals surface area contributed by atoms with Gasteiger partial charge in [-0.1, -0.05) is 26.8 Å². The Labute approximate surface area is 130 Å². The lowest BCUT2D eigenvalue weighted by atomic mass is 10.2. The summed E-state index contributed by atoms with van der Waals surface area (Å²) in [6.45, 7) is 10.7. The van der Waals surface area contributed by atoms with Crippen LogP contribution < -0.4 is 5.32 Å². The zero-order chi connectivity index (χ0) is 15.5. The molecule has 0 bridgehead atoms. The number of hydrogen-bond donors (Lipinski definition) is 1. The van der Waals surface area contributed by atoms with Crippen LogP contribution >= 0.6 is 11.8 Å². The van der Waals surface area contributed by atoms with E-state index in [1.165, 1.54) is 0 Å². The number of aromatic nitrogens is 2. The molecule has 1 heterocycles. The van der Waals surface area contributed by atoms with Gasteiger partial charge in [-0.15, -0.1) is 10.2 Å². The van der Waals surface area contributed by atoms with Crippen molar-refractivity contribution in [1.82, 2.24) is 10.2 Å². The first-order chi connectivity index (χ1) is 9.83. The average Bonchev–Trinajstić information content (AvgIpc) is 2.83. The molecule has 2 aromatic rings. The summed E-state index contributed by atoms with van der Waals surface area (Å²) < 4.78 is 5.76. The van der Waals surface area contributed by atoms with Gasteiger partial charge in [0.1, 0.15) is 0 Å². The molecule has 1 aromatic carbocycles. The highest BCUT2D eigenvalue weighted by Crippen LogP contribution is 2.26. The van der Waals surface area contributed by atoms with Gasteiger partial charge in [-0.3, -0.25) is 0 Å². The van der Waals surface area contributed by atoms with Gasteiger partial charge in [-0.05, 0) is 25.1 Å². The second-order valence-electron chi connectivity index (χ2n) is 6.18. The smallest absolute Gasteiger partial charge is 0.247 e. The highest BCUT2D eigenvalue weighted by Gasteiger charge is 2.13. The van der Waals surface area contributed by atoms with Crippen LogP contribution in [-0.2, 0) is 0 Å². The minimum absolute atomic E-state index is 0.291. The molecule has 2 rings (SSSR count). The van der Waals surface area contributed by atoms with Crippen molar-refractivity contribution >= 4 is 17.4 Å². The fourth-order valence-corrected chi connectivity index (χ4v) is 2.69. The zero-order valence-electron chi connectivity index (χ0n) is 13.3. The summed E-state index contributed by atoms with van der Waals surface area (Å²) in [7, 11) is 0. The molecule has 0 fully saturated rings. The molecule has 0 saturated heterocycles. The number of benzene rings is 1. The number of aryl methyl sites for hydroxylation is 1. The van der Waals surface area contributed by atoms with E-state index in [0.717, 1.165) is 17.0 Å². The topological polar surface area (TPSA) is 51.0 Å². The van der Waals surface area contributed by atoms with Crippen LogP contribution in [0.15, 0.2) is 28.7 Å². The summed E-state index contributed by atoms with van der Waals surface area (Å²) in [5.74, 6) is 2.21. The van der Waals surface area contributed by atoms with Crippen molar-refractivity contribution in [2.75, 3.05) is 11.1 Å². The summed E-state index contributed by atoms with van der Waals surface area (Å²) >= 11 is 1.96. The Kier molecular flexibility index (Phi) is 4.93. The zero-order valence-corrected chi connectivity index (χ0v) is 14.1. The largest absolute Gasteiger partial charge is 0.421 e. The fourth-order valence-electron chi connectivity index (χ4n) is 1.86. The van der Waals surface area contributed by atoms with E-state index in [1.807, 2.05) is 30.0 Å². The van der Waals surface area contributed by atoms with Crippen LogP contribution in [0.3, 0.4) is 0 Å². The van der Waals surface area contributed by atoms with Gasteiger partial charge >= 0.3 is 0 Å².